The van der Waals surface area contributed by atoms with Gasteiger partial charge in [-0.3, -0.25) is 0 Å². The van der Waals surface area contributed by atoms with Gasteiger partial charge in [-0.05, 0) is 34.6 Å². The maximum atomic E-state index is 11.7. The monoisotopic (exact) mass is 257 g/mol. The Labute approximate surface area is 108 Å². The number of hydrogen-bond donors (Lipinski definition) is 1. The van der Waals surface area contributed by atoms with Gasteiger partial charge in [0.2, 0.25) is 0 Å². The molecule has 18 heavy (non-hydrogen) atoms. The summed E-state index contributed by atoms with van der Waals surface area (Å²) >= 11 is 0. The second kappa shape index (κ2) is 5.28. The minimum absolute atomic E-state index is 0.287. The molecule has 0 unspecified atom stereocenters. The third-order valence-corrected chi connectivity index (χ3v) is 2.36. The number of rotatable bonds is 2. The molecule has 0 bridgehead atoms. The van der Waals surface area contributed by atoms with E-state index >= 15 is 0 Å². The second-order valence-electron chi connectivity index (χ2n) is 5.78. The highest BCUT2D eigenvalue weighted by Crippen LogP contribution is 2.23. The molecule has 1 rings (SSSR count). The van der Waals surface area contributed by atoms with E-state index in [-0.39, 0.29) is 12.1 Å². The van der Waals surface area contributed by atoms with E-state index in [0.717, 1.165) is 0 Å². The molecule has 1 saturated heterocycles. The van der Waals surface area contributed by atoms with Crippen LogP contribution in [0.4, 0.5) is 4.79 Å². The molecule has 1 heterocycles. The molecule has 0 aromatic carbocycles. The first kappa shape index (κ1) is 15.0. The smallest absolute Gasteiger partial charge is 0.408 e. The molecular formula is C13H23NO4. The first-order valence-corrected chi connectivity index (χ1v) is 6.07. The zero-order valence-corrected chi connectivity index (χ0v) is 11.8. The summed E-state index contributed by atoms with van der Waals surface area (Å²) in [6, 6.07) is -0.287. The molecule has 1 fully saturated rings. The van der Waals surface area contributed by atoms with Crippen molar-refractivity contribution in [3.63, 3.8) is 0 Å². The molecule has 104 valence electrons. The van der Waals surface area contributed by atoms with E-state index in [9.17, 15) is 4.79 Å². The van der Waals surface area contributed by atoms with Gasteiger partial charge < -0.3 is 19.5 Å². The summed E-state index contributed by atoms with van der Waals surface area (Å²) in [6.45, 7) is 13.2. The Morgan fingerprint density at radius 2 is 2.11 bits per heavy atom. The van der Waals surface area contributed by atoms with Gasteiger partial charge in [0, 0.05) is 0 Å². The van der Waals surface area contributed by atoms with E-state index < -0.39 is 17.5 Å². The highest BCUT2D eigenvalue weighted by Gasteiger charge is 2.36. The molecule has 0 radical (unpaired) electrons. The van der Waals surface area contributed by atoms with E-state index in [1.807, 2.05) is 34.6 Å². The largest absolute Gasteiger partial charge is 0.444 e. The fourth-order valence-electron chi connectivity index (χ4n) is 1.62. The van der Waals surface area contributed by atoms with E-state index in [1.54, 1.807) is 6.08 Å². The van der Waals surface area contributed by atoms with Gasteiger partial charge in [0.1, 0.15) is 11.7 Å². The fraction of sp³-hybridized carbons (Fsp3) is 0.769. The molecule has 0 aromatic rings. The molecule has 1 N–H and O–H groups in total. The maximum absolute atomic E-state index is 11.7. The normalized spacial score (nSPS) is 27.4. The lowest BCUT2D eigenvalue weighted by molar-refractivity contribution is -0.271. The highest BCUT2D eigenvalue weighted by atomic mass is 16.7. The van der Waals surface area contributed by atoms with Gasteiger partial charge >= 0.3 is 6.09 Å². The molecular weight excluding hydrogens is 234 g/mol. The van der Waals surface area contributed by atoms with Crippen LogP contribution < -0.4 is 5.32 Å². The van der Waals surface area contributed by atoms with Crippen molar-refractivity contribution in [3.05, 3.63) is 12.7 Å². The van der Waals surface area contributed by atoms with Crippen molar-refractivity contribution in [2.45, 2.75) is 58.2 Å². The number of nitrogens with one attached hydrogen (secondary N) is 1. The average Bonchev–Trinajstić information content (AvgIpc) is 2.17. The maximum Gasteiger partial charge on any atom is 0.408 e. The molecule has 0 aliphatic carbocycles. The van der Waals surface area contributed by atoms with E-state index in [0.29, 0.717) is 6.61 Å². The Morgan fingerprint density at radius 1 is 1.50 bits per heavy atom. The molecule has 1 aliphatic rings. The van der Waals surface area contributed by atoms with Crippen molar-refractivity contribution in [2.24, 2.45) is 0 Å². The molecule has 2 atom stereocenters. The van der Waals surface area contributed by atoms with Crippen LogP contribution in [0.25, 0.3) is 0 Å². The zero-order valence-electron chi connectivity index (χ0n) is 11.8. The summed E-state index contributed by atoms with van der Waals surface area (Å²) in [5.41, 5.74) is -0.524. The van der Waals surface area contributed by atoms with Crippen LogP contribution in [0.1, 0.15) is 34.6 Å². The minimum Gasteiger partial charge on any atom is -0.444 e. The van der Waals surface area contributed by atoms with E-state index in [1.165, 1.54) is 0 Å². The molecule has 0 spiro atoms. The second-order valence-corrected chi connectivity index (χ2v) is 5.78. The van der Waals surface area contributed by atoms with Gasteiger partial charge in [0.25, 0.3) is 0 Å². The van der Waals surface area contributed by atoms with Crippen LogP contribution in [0.15, 0.2) is 12.7 Å². The average molecular weight is 257 g/mol. The Bertz CT molecular complexity index is 319. The number of amides is 1. The standard InChI is InChI=1S/C13H23NO4/c1-7-10-9(8-16-13(5,6)17-10)14-11(15)18-12(2,3)4/h7,9-10H,1,8H2,2-6H3,(H,14,15)/t9-,10+/m1/s1. The Kier molecular flexibility index (Phi) is 4.40. The molecule has 5 nitrogen and oxygen atoms in total. The highest BCUT2D eigenvalue weighted by molar-refractivity contribution is 5.68. The van der Waals surface area contributed by atoms with Crippen LogP contribution >= 0.6 is 0 Å². The molecule has 0 saturated carbocycles. The summed E-state index contributed by atoms with van der Waals surface area (Å²) in [7, 11) is 0. The first-order chi connectivity index (χ1) is 8.13. The number of alkyl carbamates (subject to hydrolysis) is 1. The van der Waals surface area contributed by atoms with Crippen molar-refractivity contribution in [2.75, 3.05) is 6.61 Å². The third kappa shape index (κ3) is 4.66. The SMILES string of the molecule is C=C[C@@H]1OC(C)(C)OC[C@H]1NC(=O)OC(C)(C)C. The third-order valence-electron chi connectivity index (χ3n) is 2.36. The van der Waals surface area contributed by atoms with Gasteiger partial charge in [-0.25, -0.2) is 4.79 Å². The van der Waals surface area contributed by atoms with Crippen molar-refractivity contribution in [1.29, 1.82) is 0 Å². The fourth-order valence-corrected chi connectivity index (χ4v) is 1.62. The van der Waals surface area contributed by atoms with Gasteiger partial charge in [0.15, 0.2) is 5.79 Å². The molecule has 1 aliphatic heterocycles. The number of carbonyl (C=O) groups is 1. The van der Waals surface area contributed by atoms with Gasteiger partial charge in [-0.2, -0.15) is 0 Å². The van der Waals surface area contributed by atoms with Crippen LogP contribution in [0, 0.1) is 0 Å². The van der Waals surface area contributed by atoms with E-state index in [4.69, 9.17) is 14.2 Å². The Morgan fingerprint density at radius 3 is 2.61 bits per heavy atom. The van der Waals surface area contributed by atoms with Gasteiger partial charge in [0.05, 0.1) is 12.6 Å². The summed E-state index contributed by atoms with van der Waals surface area (Å²) < 4.78 is 16.3. The predicted molar refractivity (Wildman–Crippen MR) is 68.3 cm³/mol. The molecule has 0 aromatic heterocycles. The minimum atomic E-state index is -0.662. The van der Waals surface area contributed by atoms with E-state index in [2.05, 4.69) is 11.9 Å². The number of ether oxygens (including phenoxy) is 3. The van der Waals surface area contributed by atoms with Crippen LogP contribution in [-0.2, 0) is 14.2 Å². The van der Waals surface area contributed by atoms with Crippen LogP contribution in [-0.4, -0.2) is 36.2 Å². The summed E-state index contributed by atoms with van der Waals surface area (Å²) in [5.74, 6) is -0.662. The lowest BCUT2D eigenvalue weighted by Gasteiger charge is -2.40. The molecule has 5 heteroatoms. The lowest BCUT2D eigenvalue weighted by atomic mass is 10.1. The predicted octanol–water partition coefficient (Wildman–Crippen LogP) is 2.22. The quantitative estimate of drug-likeness (QED) is 0.771. The van der Waals surface area contributed by atoms with Crippen molar-refractivity contribution < 1.29 is 19.0 Å². The number of hydrogen-bond acceptors (Lipinski definition) is 4. The first-order valence-electron chi connectivity index (χ1n) is 6.07. The van der Waals surface area contributed by atoms with Crippen LogP contribution in [0.2, 0.25) is 0 Å². The zero-order chi connectivity index (χ0) is 14.0. The van der Waals surface area contributed by atoms with Crippen molar-refractivity contribution >= 4 is 6.09 Å². The van der Waals surface area contributed by atoms with Crippen molar-refractivity contribution in [3.8, 4) is 0 Å². The van der Waals surface area contributed by atoms with Gasteiger partial charge in [-0.1, -0.05) is 6.08 Å². The number of carbonyl (C=O) groups excluding carboxylic acids is 1. The summed E-state index contributed by atoms with van der Waals surface area (Å²) in [4.78, 5) is 11.7. The van der Waals surface area contributed by atoms with Crippen LogP contribution in [0.5, 0.6) is 0 Å². The van der Waals surface area contributed by atoms with Gasteiger partial charge in [-0.15, -0.1) is 6.58 Å². The summed E-state index contributed by atoms with van der Waals surface area (Å²) in [6.07, 6.45) is 0.888. The lowest BCUT2D eigenvalue weighted by Crippen LogP contribution is -2.55. The summed E-state index contributed by atoms with van der Waals surface area (Å²) in [5, 5.41) is 2.73. The van der Waals surface area contributed by atoms with Crippen LogP contribution in [0.3, 0.4) is 0 Å². The topological polar surface area (TPSA) is 56.8 Å². The Hall–Kier alpha value is -1.07. The van der Waals surface area contributed by atoms with Crippen molar-refractivity contribution in [1.82, 2.24) is 5.32 Å². The molecule has 1 amide bonds. The Balaban J connectivity index is 2.56.